The zero-order chi connectivity index (χ0) is 10.3. The van der Waals surface area contributed by atoms with E-state index in [2.05, 4.69) is 5.32 Å². The van der Waals surface area contributed by atoms with Gasteiger partial charge in [-0.1, -0.05) is 0 Å². The van der Waals surface area contributed by atoms with Crippen LogP contribution in [0.15, 0.2) is 0 Å². The van der Waals surface area contributed by atoms with Crippen LogP contribution in [0.2, 0.25) is 0 Å². The van der Waals surface area contributed by atoms with Crippen LogP contribution in [-0.4, -0.2) is 41.8 Å². The fourth-order valence-corrected chi connectivity index (χ4v) is 1.30. The van der Waals surface area contributed by atoms with Crippen molar-refractivity contribution in [2.24, 2.45) is 0 Å². The Morgan fingerprint density at radius 1 is 1.31 bits per heavy atom. The lowest BCUT2D eigenvalue weighted by Gasteiger charge is -2.08. The molecule has 7 heteroatoms. The summed E-state index contributed by atoms with van der Waals surface area (Å²) in [6.07, 6.45) is -5.08. The fraction of sp³-hybridized carbons (Fsp3) is 0.833. The van der Waals surface area contributed by atoms with Crippen LogP contribution < -0.4 is 5.32 Å². The summed E-state index contributed by atoms with van der Waals surface area (Å²) in [7, 11) is 0. The predicted octanol–water partition coefficient (Wildman–Crippen LogP) is 0.956. The van der Waals surface area contributed by atoms with E-state index < -0.39 is 12.1 Å². The number of carboxylic acids is 1. The van der Waals surface area contributed by atoms with E-state index in [-0.39, 0.29) is 0 Å². The topological polar surface area (TPSA) is 49.3 Å². The molecule has 1 saturated heterocycles. The highest BCUT2D eigenvalue weighted by atomic mass is 32.2. The maximum atomic E-state index is 10.6. The highest BCUT2D eigenvalue weighted by Gasteiger charge is 2.38. The summed E-state index contributed by atoms with van der Waals surface area (Å²) < 4.78 is 31.7. The van der Waals surface area contributed by atoms with Crippen molar-refractivity contribution >= 4 is 17.7 Å². The van der Waals surface area contributed by atoms with Gasteiger partial charge in [-0.25, -0.2) is 4.79 Å². The van der Waals surface area contributed by atoms with Crippen LogP contribution >= 0.6 is 11.8 Å². The van der Waals surface area contributed by atoms with E-state index >= 15 is 0 Å². The Bertz CT molecular complexity index is 147. The Kier molecular flexibility index (Phi) is 5.89. The number of halogens is 3. The van der Waals surface area contributed by atoms with Crippen LogP contribution in [0.25, 0.3) is 0 Å². The highest BCUT2D eigenvalue weighted by Crippen LogP contribution is 2.13. The first kappa shape index (κ1) is 12.6. The quantitative estimate of drug-likeness (QED) is 0.634. The van der Waals surface area contributed by atoms with Gasteiger partial charge in [0.25, 0.3) is 0 Å². The van der Waals surface area contributed by atoms with E-state index in [4.69, 9.17) is 9.90 Å². The van der Waals surface area contributed by atoms with Gasteiger partial charge in [-0.15, -0.1) is 0 Å². The molecule has 0 saturated carbocycles. The molecule has 78 valence electrons. The number of aliphatic carboxylic acids is 1. The summed E-state index contributed by atoms with van der Waals surface area (Å²) >= 11 is 2.03. The first-order chi connectivity index (χ1) is 5.94. The number of carboxylic acid groups (broad SMARTS) is 1. The molecular formula is C6H10F3NO2S. The molecule has 13 heavy (non-hydrogen) atoms. The van der Waals surface area contributed by atoms with Crippen LogP contribution in [0.5, 0.6) is 0 Å². The third kappa shape index (κ3) is 7.92. The van der Waals surface area contributed by atoms with E-state index in [9.17, 15) is 13.2 Å². The van der Waals surface area contributed by atoms with Crippen LogP contribution in [0, 0.1) is 0 Å². The average molecular weight is 217 g/mol. The van der Waals surface area contributed by atoms with Gasteiger partial charge in [0.2, 0.25) is 0 Å². The van der Waals surface area contributed by atoms with Gasteiger partial charge in [-0.2, -0.15) is 24.9 Å². The molecule has 0 aliphatic carbocycles. The number of alkyl halides is 3. The van der Waals surface area contributed by atoms with E-state index in [1.807, 2.05) is 11.8 Å². The second-order valence-electron chi connectivity index (χ2n) is 2.17. The number of hydrogen-bond acceptors (Lipinski definition) is 3. The van der Waals surface area contributed by atoms with Gasteiger partial charge >= 0.3 is 12.1 Å². The number of hydrogen-bond donors (Lipinski definition) is 2. The smallest absolute Gasteiger partial charge is 0.475 e. The molecule has 3 nitrogen and oxygen atoms in total. The van der Waals surface area contributed by atoms with Crippen molar-refractivity contribution in [1.29, 1.82) is 0 Å². The van der Waals surface area contributed by atoms with Gasteiger partial charge in [-0.05, 0) is 0 Å². The molecule has 1 aliphatic heterocycles. The van der Waals surface area contributed by atoms with Crippen molar-refractivity contribution < 1.29 is 23.1 Å². The lowest BCUT2D eigenvalue weighted by atomic mass is 10.6. The maximum absolute atomic E-state index is 10.6. The summed E-state index contributed by atoms with van der Waals surface area (Å²) in [6, 6.07) is 0. The lowest BCUT2D eigenvalue weighted by Crippen LogP contribution is -2.24. The molecule has 0 bridgehead atoms. The molecule has 0 radical (unpaired) electrons. The summed E-state index contributed by atoms with van der Waals surface area (Å²) in [5.74, 6) is -0.146. The number of nitrogens with one attached hydrogen (secondary N) is 1. The highest BCUT2D eigenvalue weighted by molar-refractivity contribution is 7.99. The standard InChI is InChI=1S/C4H9NS.C2HF3O2/c1-3-6-4-2-5-1;3-2(4,5)1(6)7/h5H,1-4H2;(H,6,7). The number of rotatable bonds is 0. The Hall–Kier alpha value is -0.430. The molecule has 1 aliphatic rings. The van der Waals surface area contributed by atoms with Crippen molar-refractivity contribution in [2.75, 3.05) is 24.6 Å². The molecule has 0 aromatic rings. The number of carbonyl (C=O) groups is 1. The monoisotopic (exact) mass is 217 g/mol. The summed E-state index contributed by atoms with van der Waals surface area (Å²) in [5, 5.41) is 10.4. The van der Waals surface area contributed by atoms with E-state index in [0.29, 0.717) is 0 Å². The third-order valence-electron chi connectivity index (χ3n) is 1.09. The molecule has 0 aromatic carbocycles. The van der Waals surface area contributed by atoms with Crippen molar-refractivity contribution in [3.05, 3.63) is 0 Å². The van der Waals surface area contributed by atoms with Crippen molar-refractivity contribution in [3.63, 3.8) is 0 Å². The van der Waals surface area contributed by atoms with Crippen molar-refractivity contribution in [3.8, 4) is 0 Å². The van der Waals surface area contributed by atoms with Crippen molar-refractivity contribution in [2.45, 2.75) is 6.18 Å². The molecule has 0 spiro atoms. The third-order valence-corrected chi connectivity index (χ3v) is 2.07. The minimum atomic E-state index is -5.08. The Balaban J connectivity index is 0.000000223. The summed E-state index contributed by atoms with van der Waals surface area (Å²) in [4.78, 5) is 8.90. The largest absolute Gasteiger partial charge is 0.490 e. The molecule has 1 heterocycles. The van der Waals surface area contributed by atoms with Gasteiger partial charge in [0.15, 0.2) is 0 Å². The lowest BCUT2D eigenvalue weighted by molar-refractivity contribution is -0.192. The summed E-state index contributed by atoms with van der Waals surface area (Å²) in [5.41, 5.74) is 0. The molecule has 1 rings (SSSR count). The van der Waals surface area contributed by atoms with Crippen LogP contribution in [0.1, 0.15) is 0 Å². The fourth-order valence-electron chi connectivity index (χ4n) is 0.516. The summed E-state index contributed by atoms with van der Waals surface area (Å²) in [6.45, 7) is 2.43. The Morgan fingerprint density at radius 3 is 1.77 bits per heavy atom. The molecule has 0 atom stereocenters. The minimum absolute atomic E-state index is 1.21. The SMILES string of the molecule is C1CSCCN1.O=C(O)C(F)(F)F. The minimum Gasteiger partial charge on any atom is -0.475 e. The first-order valence-corrected chi connectivity index (χ1v) is 4.68. The molecule has 0 amide bonds. The van der Waals surface area contributed by atoms with Crippen LogP contribution in [-0.2, 0) is 4.79 Å². The zero-order valence-corrected chi connectivity index (χ0v) is 7.54. The van der Waals surface area contributed by atoms with E-state index in [1.165, 1.54) is 24.6 Å². The Labute approximate surface area is 77.7 Å². The van der Waals surface area contributed by atoms with E-state index in [1.54, 1.807) is 0 Å². The molecular weight excluding hydrogens is 207 g/mol. The number of thioether (sulfide) groups is 1. The normalized spacial score (nSPS) is 17.2. The Morgan fingerprint density at radius 2 is 1.69 bits per heavy atom. The van der Waals surface area contributed by atoms with Crippen LogP contribution in [0.3, 0.4) is 0 Å². The second kappa shape index (κ2) is 6.09. The molecule has 0 aromatic heterocycles. The van der Waals surface area contributed by atoms with Crippen LogP contribution in [0.4, 0.5) is 13.2 Å². The van der Waals surface area contributed by atoms with E-state index in [0.717, 1.165) is 0 Å². The first-order valence-electron chi connectivity index (χ1n) is 3.53. The maximum Gasteiger partial charge on any atom is 0.490 e. The molecule has 2 N–H and O–H groups in total. The van der Waals surface area contributed by atoms with Crippen molar-refractivity contribution in [1.82, 2.24) is 5.32 Å². The van der Waals surface area contributed by atoms with Gasteiger partial charge in [0, 0.05) is 24.6 Å². The zero-order valence-electron chi connectivity index (χ0n) is 6.73. The van der Waals surface area contributed by atoms with Gasteiger partial charge in [-0.3, -0.25) is 0 Å². The predicted molar refractivity (Wildman–Crippen MR) is 43.9 cm³/mol. The second-order valence-corrected chi connectivity index (χ2v) is 3.39. The average Bonchev–Trinajstić information content (AvgIpc) is 2.07. The van der Waals surface area contributed by atoms with Gasteiger partial charge in [0.1, 0.15) is 0 Å². The molecule has 0 unspecified atom stereocenters. The molecule has 1 fully saturated rings. The van der Waals surface area contributed by atoms with Gasteiger partial charge < -0.3 is 10.4 Å². The van der Waals surface area contributed by atoms with Gasteiger partial charge in [0.05, 0.1) is 0 Å².